The molecule has 1 aromatic heterocycles. The minimum Gasteiger partial charge on any atom is -0.438 e. The molecule has 180 valence electrons. The molecule has 0 aliphatic carbocycles. The number of morpholine rings is 1. The fraction of sp³-hybridized carbons (Fsp3) is 0.500. The first-order valence-corrected chi connectivity index (χ1v) is 11.9. The highest BCUT2D eigenvalue weighted by Crippen LogP contribution is 2.36. The Balaban J connectivity index is 2.08. The number of carbonyl (C=O) groups excluding carboxylic acids is 1. The van der Waals surface area contributed by atoms with Crippen molar-refractivity contribution in [1.82, 2.24) is 19.4 Å². The van der Waals surface area contributed by atoms with Gasteiger partial charge in [-0.15, -0.1) is 0 Å². The van der Waals surface area contributed by atoms with Crippen molar-refractivity contribution < 1.29 is 27.6 Å². The number of non-ortho nitro benzene ring substituents is 1. The Morgan fingerprint density at radius 1 is 1.33 bits per heavy atom. The average Bonchev–Trinajstić information content (AvgIpc) is 3.09. The topological polar surface area (TPSA) is 146 Å². The van der Waals surface area contributed by atoms with E-state index in [-0.39, 0.29) is 66.2 Å². The number of carbonyl (C=O) groups is 1. The lowest BCUT2D eigenvalue weighted by Crippen LogP contribution is -2.40. The number of aromatic nitrogens is 2. The molecule has 13 heteroatoms. The largest absolute Gasteiger partial charge is 0.438 e. The molecule has 1 saturated heterocycles. The van der Waals surface area contributed by atoms with Crippen LogP contribution in [0, 0.1) is 17.0 Å². The quantitative estimate of drug-likeness (QED) is 0.445. The predicted octanol–water partition coefficient (Wildman–Crippen LogP) is 2.07. The van der Waals surface area contributed by atoms with Crippen LogP contribution in [0.3, 0.4) is 0 Å². The highest BCUT2D eigenvalue weighted by molar-refractivity contribution is 7.89. The summed E-state index contributed by atoms with van der Waals surface area (Å²) >= 11 is 0. The van der Waals surface area contributed by atoms with Gasteiger partial charge in [0, 0.05) is 43.4 Å². The van der Waals surface area contributed by atoms with Crippen LogP contribution in [0.1, 0.15) is 36.8 Å². The first-order chi connectivity index (χ1) is 15.6. The summed E-state index contributed by atoms with van der Waals surface area (Å²) in [4.78, 5) is 22.8. The molecule has 2 heterocycles. The van der Waals surface area contributed by atoms with E-state index in [1.807, 2.05) is 13.8 Å². The van der Waals surface area contributed by atoms with Crippen molar-refractivity contribution >= 4 is 21.6 Å². The molecular formula is C20H27N5O7S. The first-order valence-electron chi connectivity index (χ1n) is 10.5. The Kier molecular flexibility index (Phi) is 7.34. The zero-order chi connectivity index (χ0) is 24.3. The lowest BCUT2D eigenvalue weighted by molar-refractivity contribution is -0.385. The van der Waals surface area contributed by atoms with Gasteiger partial charge in [-0.25, -0.2) is 13.1 Å². The van der Waals surface area contributed by atoms with Gasteiger partial charge in [-0.2, -0.15) is 9.40 Å². The number of nitro benzene ring substituents is 1. The molecular weight excluding hydrogens is 454 g/mol. The Bertz CT molecular complexity index is 1150. The van der Waals surface area contributed by atoms with Crippen molar-refractivity contribution in [3.63, 3.8) is 0 Å². The summed E-state index contributed by atoms with van der Waals surface area (Å²) in [6, 6.07) is 3.29. The van der Waals surface area contributed by atoms with Crippen LogP contribution < -0.4 is 10.1 Å². The van der Waals surface area contributed by atoms with E-state index in [0.29, 0.717) is 12.1 Å². The summed E-state index contributed by atoms with van der Waals surface area (Å²) in [6.07, 6.45) is 0. The summed E-state index contributed by atoms with van der Waals surface area (Å²) in [7, 11) is -4.11. The molecule has 12 nitrogen and oxygen atoms in total. The highest BCUT2D eigenvalue weighted by atomic mass is 32.2. The van der Waals surface area contributed by atoms with Crippen molar-refractivity contribution in [2.24, 2.45) is 0 Å². The molecule has 2 aromatic rings. The van der Waals surface area contributed by atoms with Crippen molar-refractivity contribution in [2.75, 3.05) is 26.3 Å². The third kappa shape index (κ3) is 5.15. The van der Waals surface area contributed by atoms with Crippen molar-refractivity contribution in [2.45, 2.75) is 45.2 Å². The Labute approximate surface area is 191 Å². The van der Waals surface area contributed by atoms with Crippen LogP contribution in [0.4, 0.5) is 5.69 Å². The van der Waals surface area contributed by atoms with Crippen LogP contribution in [0.15, 0.2) is 23.1 Å². The number of nitrogens with one attached hydrogen (secondary N) is 1. The number of nitro groups is 1. The second-order valence-electron chi connectivity index (χ2n) is 7.73. The molecule has 1 fully saturated rings. The van der Waals surface area contributed by atoms with Gasteiger partial charge in [-0.3, -0.25) is 14.9 Å². The van der Waals surface area contributed by atoms with E-state index in [4.69, 9.17) is 9.47 Å². The van der Waals surface area contributed by atoms with Crippen molar-refractivity contribution in [3.05, 3.63) is 39.6 Å². The van der Waals surface area contributed by atoms with Gasteiger partial charge in [0.15, 0.2) is 5.69 Å². The number of sulfonamides is 1. The van der Waals surface area contributed by atoms with Crippen LogP contribution >= 0.6 is 0 Å². The number of ether oxygens (including phenoxy) is 2. The Morgan fingerprint density at radius 3 is 2.58 bits per heavy atom. The maximum Gasteiger partial charge on any atom is 0.272 e. The minimum absolute atomic E-state index is 0.0967. The molecule has 33 heavy (non-hydrogen) atoms. The number of aryl methyl sites for hydroxylation is 1. The number of hydrogen-bond donors (Lipinski definition) is 1. The summed E-state index contributed by atoms with van der Waals surface area (Å²) in [5.41, 5.74) is 0.190. The van der Waals surface area contributed by atoms with Gasteiger partial charge in [-0.1, -0.05) is 0 Å². The molecule has 0 radical (unpaired) electrons. The van der Waals surface area contributed by atoms with Gasteiger partial charge in [0.05, 0.1) is 18.1 Å². The second kappa shape index (κ2) is 9.85. The zero-order valence-electron chi connectivity index (χ0n) is 18.9. The van der Waals surface area contributed by atoms with Crippen LogP contribution in [0.2, 0.25) is 0 Å². The Morgan fingerprint density at radius 2 is 2.00 bits per heavy atom. The summed E-state index contributed by atoms with van der Waals surface area (Å²) < 4.78 is 40.5. The number of benzene rings is 1. The zero-order valence-corrected chi connectivity index (χ0v) is 19.7. The normalized spacial score (nSPS) is 14.9. The highest BCUT2D eigenvalue weighted by Gasteiger charge is 2.32. The van der Waals surface area contributed by atoms with Gasteiger partial charge in [0.1, 0.15) is 10.6 Å². The third-order valence-corrected chi connectivity index (χ3v) is 6.92. The Hall–Kier alpha value is -3.03. The maximum absolute atomic E-state index is 13.3. The van der Waals surface area contributed by atoms with Gasteiger partial charge in [0.25, 0.3) is 11.6 Å². The maximum atomic E-state index is 13.3. The average molecular weight is 482 g/mol. The smallest absolute Gasteiger partial charge is 0.272 e. The summed E-state index contributed by atoms with van der Waals surface area (Å²) in [6.45, 7) is 8.12. The van der Waals surface area contributed by atoms with Crippen LogP contribution in [0.5, 0.6) is 11.6 Å². The number of amides is 1. The predicted molar refractivity (Wildman–Crippen MR) is 118 cm³/mol. The molecule has 0 saturated carbocycles. The molecule has 0 atom stereocenters. The van der Waals surface area contributed by atoms with Crippen LogP contribution in [0.25, 0.3) is 0 Å². The van der Waals surface area contributed by atoms with E-state index in [2.05, 4.69) is 10.4 Å². The fourth-order valence-electron chi connectivity index (χ4n) is 3.35. The van der Waals surface area contributed by atoms with Crippen LogP contribution in [-0.4, -0.2) is 65.7 Å². The lowest BCUT2D eigenvalue weighted by Gasteiger charge is -2.26. The third-order valence-electron chi connectivity index (χ3n) is 5.00. The van der Waals surface area contributed by atoms with E-state index >= 15 is 0 Å². The summed E-state index contributed by atoms with van der Waals surface area (Å²) in [5.74, 6) is -0.302. The second-order valence-corrected chi connectivity index (χ2v) is 9.64. The molecule has 0 bridgehead atoms. The summed E-state index contributed by atoms with van der Waals surface area (Å²) in [5, 5.41) is 18.4. The van der Waals surface area contributed by atoms with E-state index < -0.39 is 14.9 Å². The van der Waals surface area contributed by atoms with Crippen molar-refractivity contribution in [1.29, 1.82) is 0 Å². The monoisotopic (exact) mass is 481 g/mol. The van der Waals surface area contributed by atoms with Gasteiger partial charge >= 0.3 is 0 Å². The number of nitrogens with zero attached hydrogens (tertiary/aromatic N) is 4. The number of rotatable bonds is 8. The van der Waals surface area contributed by atoms with E-state index in [0.717, 1.165) is 6.07 Å². The van der Waals surface area contributed by atoms with Crippen LogP contribution in [-0.2, 0) is 21.3 Å². The molecule has 0 spiro atoms. The molecule has 1 aliphatic rings. The standard InChI is InChI=1S/C20H27N5O7S/c1-5-24-20(14(4)18(22-24)19(26)21-13(2)3)32-16-7-6-15(25(27)28)12-17(16)33(29,30)23-8-10-31-11-9-23/h6-7,12-13H,5,8-11H2,1-4H3,(H,21,26). The molecule has 3 rings (SSSR count). The van der Waals surface area contributed by atoms with Gasteiger partial charge in [-0.05, 0) is 33.8 Å². The SMILES string of the molecule is CCn1nc(C(=O)NC(C)C)c(C)c1Oc1ccc([N+](=O)[O-])cc1S(=O)(=O)N1CCOCC1. The molecule has 0 unspecified atom stereocenters. The molecule has 1 aliphatic heterocycles. The van der Waals surface area contributed by atoms with Gasteiger partial charge < -0.3 is 14.8 Å². The van der Waals surface area contributed by atoms with Gasteiger partial charge in [0.2, 0.25) is 15.9 Å². The molecule has 1 N–H and O–H groups in total. The van der Waals surface area contributed by atoms with E-state index in [1.165, 1.54) is 21.1 Å². The van der Waals surface area contributed by atoms with E-state index in [9.17, 15) is 23.3 Å². The molecule has 1 amide bonds. The lowest BCUT2D eigenvalue weighted by atomic mass is 10.2. The number of hydrogen-bond acceptors (Lipinski definition) is 8. The molecule has 1 aromatic carbocycles. The van der Waals surface area contributed by atoms with E-state index in [1.54, 1.807) is 13.8 Å². The first kappa shape index (κ1) is 24.6. The fourth-order valence-corrected chi connectivity index (χ4v) is 4.89. The minimum atomic E-state index is -4.11. The van der Waals surface area contributed by atoms with Crippen molar-refractivity contribution in [3.8, 4) is 11.6 Å².